The molecule has 1 atom stereocenters. The van der Waals surface area contributed by atoms with Gasteiger partial charge in [0.25, 0.3) is 0 Å². The number of likely N-dealkylation sites (tertiary alicyclic amines) is 1. The summed E-state index contributed by atoms with van der Waals surface area (Å²) in [5.74, 6) is 0.976. The van der Waals surface area contributed by atoms with Crippen LogP contribution >= 0.6 is 0 Å². The molecule has 2 N–H and O–H groups in total. The SMILES string of the molecule is CCCOc1ccc(CN2CC[C@@H](O)C2)c(O)c1. The lowest BCUT2D eigenvalue weighted by Crippen LogP contribution is -2.21. The van der Waals surface area contributed by atoms with Gasteiger partial charge in [-0.05, 0) is 18.9 Å². The minimum Gasteiger partial charge on any atom is -0.507 e. The van der Waals surface area contributed by atoms with Crippen LogP contribution in [0.1, 0.15) is 25.3 Å². The molecule has 0 spiro atoms. The smallest absolute Gasteiger partial charge is 0.123 e. The van der Waals surface area contributed by atoms with Gasteiger partial charge in [0, 0.05) is 31.3 Å². The standard InChI is InChI=1S/C14H21NO3/c1-2-7-18-13-4-3-11(14(17)8-13)9-15-6-5-12(16)10-15/h3-4,8,12,16-17H,2,5-7,9-10H2,1H3/t12-/m1/s1. The first kappa shape index (κ1) is 13.2. The summed E-state index contributed by atoms with van der Waals surface area (Å²) in [6.07, 6.45) is 1.55. The Morgan fingerprint density at radius 3 is 2.89 bits per heavy atom. The average Bonchev–Trinajstić information content (AvgIpc) is 2.75. The van der Waals surface area contributed by atoms with Crippen LogP contribution in [0.15, 0.2) is 18.2 Å². The van der Waals surface area contributed by atoms with Gasteiger partial charge in [-0.1, -0.05) is 13.0 Å². The molecule has 0 amide bonds. The highest BCUT2D eigenvalue weighted by Gasteiger charge is 2.20. The molecule has 4 heteroatoms. The van der Waals surface area contributed by atoms with Gasteiger partial charge in [-0.25, -0.2) is 0 Å². The normalized spacial score (nSPS) is 20.2. The van der Waals surface area contributed by atoms with Crippen LogP contribution in [0, 0.1) is 0 Å². The molecule has 1 aliphatic rings. The molecule has 0 aliphatic carbocycles. The number of aliphatic hydroxyl groups excluding tert-OH is 1. The zero-order valence-corrected chi connectivity index (χ0v) is 10.8. The maximum atomic E-state index is 9.95. The molecular formula is C14H21NO3. The molecule has 4 nitrogen and oxygen atoms in total. The Labute approximate surface area is 108 Å². The molecule has 1 saturated heterocycles. The van der Waals surface area contributed by atoms with E-state index in [1.54, 1.807) is 6.07 Å². The van der Waals surface area contributed by atoms with Crippen LogP contribution in [0.4, 0.5) is 0 Å². The van der Waals surface area contributed by atoms with Crippen LogP contribution in [-0.4, -0.2) is 40.9 Å². The first-order valence-corrected chi connectivity index (χ1v) is 6.54. The summed E-state index contributed by atoms with van der Waals surface area (Å²) in [6.45, 7) is 4.96. The summed E-state index contributed by atoms with van der Waals surface area (Å²) < 4.78 is 5.46. The topological polar surface area (TPSA) is 52.9 Å². The molecule has 100 valence electrons. The highest BCUT2D eigenvalue weighted by atomic mass is 16.5. The van der Waals surface area contributed by atoms with Gasteiger partial charge in [-0.3, -0.25) is 4.90 Å². The van der Waals surface area contributed by atoms with E-state index in [0.717, 1.165) is 24.9 Å². The number of benzene rings is 1. The quantitative estimate of drug-likeness (QED) is 0.837. The summed E-state index contributed by atoms with van der Waals surface area (Å²) in [4.78, 5) is 2.15. The molecule has 1 aromatic carbocycles. The number of ether oxygens (including phenoxy) is 1. The predicted molar refractivity (Wildman–Crippen MR) is 69.8 cm³/mol. The molecule has 0 bridgehead atoms. The average molecular weight is 251 g/mol. The van der Waals surface area contributed by atoms with Crippen LogP contribution < -0.4 is 4.74 Å². The molecule has 1 fully saturated rings. The third-order valence-corrected chi connectivity index (χ3v) is 3.17. The maximum Gasteiger partial charge on any atom is 0.123 e. The molecule has 1 aromatic rings. The van der Waals surface area contributed by atoms with Crippen molar-refractivity contribution in [1.82, 2.24) is 4.90 Å². The van der Waals surface area contributed by atoms with Crippen molar-refractivity contribution in [2.45, 2.75) is 32.4 Å². The Balaban J connectivity index is 1.96. The molecule has 2 rings (SSSR count). The molecular weight excluding hydrogens is 230 g/mol. The summed E-state index contributed by atoms with van der Waals surface area (Å²) in [5.41, 5.74) is 0.882. The van der Waals surface area contributed by atoms with Crippen LogP contribution in [0.25, 0.3) is 0 Å². The van der Waals surface area contributed by atoms with Gasteiger partial charge < -0.3 is 14.9 Å². The van der Waals surface area contributed by atoms with Crippen molar-refractivity contribution in [2.75, 3.05) is 19.7 Å². The van der Waals surface area contributed by atoms with Crippen molar-refractivity contribution in [1.29, 1.82) is 0 Å². The van der Waals surface area contributed by atoms with E-state index in [2.05, 4.69) is 4.90 Å². The van der Waals surface area contributed by atoms with E-state index < -0.39 is 0 Å². The van der Waals surface area contributed by atoms with E-state index in [1.807, 2.05) is 19.1 Å². The van der Waals surface area contributed by atoms with Crippen LogP contribution in [-0.2, 0) is 6.54 Å². The van der Waals surface area contributed by atoms with Gasteiger partial charge in [-0.15, -0.1) is 0 Å². The molecule has 1 aliphatic heterocycles. The number of nitrogens with zero attached hydrogens (tertiary/aromatic N) is 1. The Hall–Kier alpha value is -1.26. The fraction of sp³-hybridized carbons (Fsp3) is 0.571. The number of hydrogen-bond donors (Lipinski definition) is 2. The number of hydrogen-bond acceptors (Lipinski definition) is 4. The lowest BCUT2D eigenvalue weighted by Gasteiger charge is -2.16. The summed E-state index contributed by atoms with van der Waals surface area (Å²) in [7, 11) is 0. The minimum absolute atomic E-state index is 0.223. The number of rotatable bonds is 5. The molecule has 0 unspecified atom stereocenters. The number of aromatic hydroxyl groups is 1. The van der Waals surface area contributed by atoms with Gasteiger partial charge in [0.2, 0.25) is 0 Å². The minimum atomic E-state index is -0.223. The molecule has 0 radical (unpaired) electrons. The first-order chi connectivity index (χ1) is 8.69. The van der Waals surface area contributed by atoms with Crippen LogP contribution in [0.3, 0.4) is 0 Å². The van der Waals surface area contributed by atoms with E-state index in [0.29, 0.717) is 25.4 Å². The zero-order valence-electron chi connectivity index (χ0n) is 10.8. The van der Waals surface area contributed by atoms with Crippen molar-refractivity contribution in [3.8, 4) is 11.5 Å². The van der Waals surface area contributed by atoms with Crippen molar-refractivity contribution >= 4 is 0 Å². The fourth-order valence-electron chi connectivity index (χ4n) is 2.18. The zero-order chi connectivity index (χ0) is 13.0. The van der Waals surface area contributed by atoms with E-state index in [9.17, 15) is 10.2 Å². The first-order valence-electron chi connectivity index (χ1n) is 6.54. The van der Waals surface area contributed by atoms with Gasteiger partial charge in [0.15, 0.2) is 0 Å². The Morgan fingerprint density at radius 1 is 1.44 bits per heavy atom. The number of phenols is 1. The summed E-state index contributed by atoms with van der Waals surface area (Å²) in [5, 5.41) is 19.4. The highest BCUT2D eigenvalue weighted by Crippen LogP contribution is 2.26. The summed E-state index contributed by atoms with van der Waals surface area (Å²) in [6, 6.07) is 5.44. The van der Waals surface area contributed by atoms with Gasteiger partial charge >= 0.3 is 0 Å². The summed E-state index contributed by atoms with van der Waals surface area (Å²) >= 11 is 0. The van der Waals surface area contributed by atoms with E-state index >= 15 is 0 Å². The molecule has 0 saturated carbocycles. The maximum absolute atomic E-state index is 9.95. The molecule has 18 heavy (non-hydrogen) atoms. The van der Waals surface area contributed by atoms with Crippen LogP contribution in [0.5, 0.6) is 11.5 Å². The Morgan fingerprint density at radius 2 is 2.28 bits per heavy atom. The second-order valence-corrected chi connectivity index (χ2v) is 4.82. The Bertz CT molecular complexity index is 395. The Kier molecular flexibility index (Phi) is 4.44. The highest BCUT2D eigenvalue weighted by molar-refractivity contribution is 5.39. The fourth-order valence-corrected chi connectivity index (χ4v) is 2.18. The predicted octanol–water partition coefficient (Wildman–Crippen LogP) is 1.75. The second-order valence-electron chi connectivity index (χ2n) is 4.82. The van der Waals surface area contributed by atoms with E-state index in [-0.39, 0.29) is 11.9 Å². The number of phenolic OH excluding ortho intramolecular Hbond substituents is 1. The van der Waals surface area contributed by atoms with E-state index in [1.165, 1.54) is 0 Å². The molecule has 1 heterocycles. The third kappa shape index (κ3) is 3.37. The lowest BCUT2D eigenvalue weighted by molar-refractivity contribution is 0.174. The van der Waals surface area contributed by atoms with Crippen molar-refractivity contribution in [3.05, 3.63) is 23.8 Å². The lowest BCUT2D eigenvalue weighted by atomic mass is 10.2. The van der Waals surface area contributed by atoms with Crippen molar-refractivity contribution in [2.24, 2.45) is 0 Å². The third-order valence-electron chi connectivity index (χ3n) is 3.17. The van der Waals surface area contributed by atoms with Gasteiger partial charge in [0.05, 0.1) is 12.7 Å². The molecule has 0 aromatic heterocycles. The number of aliphatic hydroxyl groups is 1. The largest absolute Gasteiger partial charge is 0.507 e. The van der Waals surface area contributed by atoms with Crippen molar-refractivity contribution < 1.29 is 14.9 Å². The van der Waals surface area contributed by atoms with Crippen LogP contribution in [0.2, 0.25) is 0 Å². The van der Waals surface area contributed by atoms with Gasteiger partial charge in [-0.2, -0.15) is 0 Å². The number of β-amino-alcohol motifs (C(OH)–C–C–N with tert-alkyl or cyclic N) is 1. The van der Waals surface area contributed by atoms with Gasteiger partial charge in [0.1, 0.15) is 11.5 Å². The van der Waals surface area contributed by atoms with Crippen molar-refractivity contribution in [3.63, 3.8) is 0 Å². The second kappa shape index (κ2) is 6.07. The monoisotopic (exact) mass is 251 g/mol. The van der Waals surface area contributed by atoms with E-state index in [4.69, 9.17) is 4.74 Å².